The van der Waals surface area contributed by atoms with Gasteiger partial charge in [-0.1, -0.05) is 30.2 Å². The molecule has 0 aromatic carbocycles. The van der Waals surface area contributed by atoms with Crippen LogP contribution in [0.1, 0.15) is 34.1 Å². The van der Waals surface area contributed by atoms with Gasteiger partial charge in [-0.25, -0.2) is 0 Å². The van der Waals surface area contributed by atoms with Crippen molar-refractivity contribution < 1.29 is 0 Å². The van der Waals surface area contributed by atoms with E-state index in [2.05, 4.69) is 39.8 Å². The molecule has 12 heavy (non-hydrogen) atoms. The molecule has 0 bridgehead atoms. The van der Waals surface area contributed by atoms with Crippen molar-refractivity contribution in [2.45, 2.75) is 34.1 Å². The smallest absolute Gasteiger partial charge is 0.0406 e. The third-order valence-corrected chi connectivity index (χ3v) is 1.84. The molecule has 0 N–H and O–H groups in total. The number of hydrogen-bond donors (Lipinski definition) is 0. The van der Waals surface area contributed by atoms with Gasteiger partial charge in [0.05, 0.1) is 0 Å². The maximum atomic E-state index is 5.59. The fourth-order valence-corrected chi connectivity index (χ4v) is 1.61. The average Bonchev–Trinajstić information content (AvgIpc) is 1.84. The van der Waals surface area contributed by atoms with E-state index >= 15 is 0 Å². The van der Waals surface area contributed by atoms with E-state index in [1.54, 1.807) is 0 Å². The minimum atomic E-state index is 0.632. The zero-order chi connectivity index (χ0) is 9.56. The maximum Gasteiger partial charge on any atom is 0.0406 e. The Kier molecular flexibility index (Phi) is 6.18. The van der Waals surface area contributed by atoms with Crippen LogP contribution >= 0.6 is 11.6 Å². The Balaban J connectivity index is 3.92. The molecular weight excluding hydrogens is 168 g/mol. The van der Waals surface area contributed by atoms with Gasteiger partial charge in [0, 0.05) is 5.88 Å². The molecule has 1 unspecified atom stereocenters. The lowest BCUT2D eigenvalue weighted by Gasteiger charge is -2.06. The molecule has 0 fully saturated rings. The molecular formula is C11H19Cl. The zero-order valence-electron chi connectivity index (χ0n) is 8.52. The molecule has 0 aliphatic carbocycles. The molecule has 0 amide bonds. The van der Waals surface area contributed by atoms with Gasteiger partial charge >= 0.3 is 0 Å². The summed E-state index contributed by atoms with van der Waals surface area (Å²) in [6, 6.07) is 0. The normalized spacial score (nSPS) is 14.2. The fourth-order valence-electron chi connectivity index (χ4n) is 1.35. The van der Waals surface area contributed by atoms with E-state index in [-0.39, 0.29) is 0 Å². The third kappa shape index (κ3) is 6.48. The van der Waals surface area contributed by atoms with E-state index in [9.17, 15) is 0 Å². The Labute approximate surface area is 81.3 Å². The minimum Gasteiger partial charge on any atom is -0.122 e. The highest BCUT2D eigenvalue weighted by atomic mass is 35.5. The zero-order valence-corrected chi connectivity index (χ0v) is 9.28. The molecule has 0 radical (unpaired) electrons. The quantitative estimate of drug-likeness (QED) is 0.457. The molecule has 0 aliphatic rings. The van der Waals surface area contributed by atoms with Gasteiger partial charge in [-0.2, -0.15) is 0 Å². The van der Waals surface area contributed by atoms with Crippen molar-refractivity contribution in [3.63, 3.8) is 0 Å². The van der Waals surface area contributed by atoms with Gasteiger partial charge in [-0.3, -0.25) is 0 Å². The fraction of sp³-hybridized carbons (Fsp3) is 0.636. The molecule has 0 aliphatic heterocycles. The lowest BCUT2D eigenvalue weighted by molar-refractivity contribution is 0.710. The van der Waals surface area contributed by atoms with Crippen LogP contribution in [0.15, 0.2) is 23.3 Å². The highest BCUT2D eigenvalue weighted by Crippen LogP contribution is 2.13. The lowest BCUT2D eigenvalue weighted by Crippen LogP contribution is -1.91. The van der Waals surface area contributed by atoms with E-state index in [1.165, 1.54) is 11.1 Å². The highest BCUT2D eigenvalue weighted by molar-refractivity contribution is 6.18. The van der Waals surface area contributed by atoms with Gasteiger partial charge in [-0.15, -0.1) is 11.6 Å². The molecule has 0 nitrogen and oxygen atoms in total. The summed E-state index contributed by atoms with van der Waals surface area (Å²) in [4.78, 5) is 0. The van der Waals surface area contributed by atoms with E-state index < -0.39 is 0 Å². The summed E-state index contributed by atoms with van der Waals surface area (Å²) < 4.78 is 0. The van der Waals surface area contributed by atoms with Crippen LogP contribution in [-0.4, -0.2) is 5.88 Å². The van der Waals surface area contributed by atoms with Gasteiger partial charge in [-0.05, 0) is 33.1 Å². The first-order valence-corrected chi connectivity index (χ1v) is 4.96. The van der Waals surface area contributed by atoms with E-state index in [1.807, 2.05) is 0 Å². The Morgan fingerprint density at radius 3 is 2.33 bits per heavy atom. The number of hydrogen-bond acceptors (Lipinski definition) is 0. The van der Waals surface area contributed by atoms with E-state index in [0.717, 1.165) is 6.42 Å². The molecule has 0 saturated heterocycles. The standard InChI is InChI=1S/C11H19Cl/c1-9(2)7-11(4)8-10(3)5-6-12/h5,7,11H,6,8H2,1-4H3/b10-5+. The van der Waals surface area contributed by atoms with Crippen LogP contribution in [0.25, 0.3) is 0 Å². The predicted molar refractivity (Wildman–Crippen MR) is 57.7 cm³/mol. The molecule has 0 heterocycles. The van der Waals surface area contributed by atoms with Gasteiger partial charge < -0.3 is 0 Å². The number of halogens is 1. The highest BCUT2D eigenvalue weighted by Gasteiger charge is 1.98. The summed E-state index contributed by atoms with van der Waals surface area (Å²) in [5.41, 5.74) is 2.77. The van der Waals surface area contributed by atoms with Gasteiger partial charge in [0.2, 0.25) is 0 Å². The average molecular weight is 187 g/mol. The first kappa shape index (κ1) is 11.8. The second-order valence-electron chi connectivity index (χ2n) is 3.63. The second kappa shape index (κ2) is 6.30. The van der Waals surface area contributed by atoms with Crippen molar-refractivity contribution in [1.82, 2.24) is 0 Å². The summed E-state index contributed by atoms with van der Waals surface area (Å²) in [6.07, 6.45) is 5.50. The van der Waals surface area contributed by atoms with Crippen LogP contribution < -0.4 is 0 Å². The molecule has 0 spiro atoms. The van der Waals surface area contributed by atoms with Crippen LogP contribution in [0, 0.1) is 5.92 Å². The van der Waals surface area contributed by atoms with Crippen molar-refractivity contribution in [3.05, 3.63) is 23.3 Å². The van der Waals surface area contributed by atoms with E-state index in [4.69, 9.17) is 11.6 Å². The molecule has 70 valence electrons. The van der Waals surface area contributed by atoms with Crippen molar-refractivity contribution in [3.8, 4) is 0 Å². The summed E-state index contributed by atoms with van der Waals surface area (Å²) in [7, 11) is 0. The maximum absolute atomic E-state index is 5.59. The van der Waals surface area contributed by atoms with Crippen LogP contribution in [0.2, 0.25) is 0 Å². The molecule has 0 rings (SSSR count). The van der Waals surface area contributed by atoms with Gasteiger partial charge in [0.15, 0.2) is 0 Å². The van der Waals surface area contributed by atoms with Crippen LogP contribution in [-0.2, 0) is 0 Å². The number of allylic oxidation sites excluding steroid dienone is 4. The van der Waals surface area contributed by atoms with Crippen LogP contribution in [0.3, 0.4) is 0 Å². The van der Waals surface area contributed by atoms with Crippen molar-refractivity contribution in [1.29, 1.82) is 0 Å². The number of alkyl halides is 1. The Bertz CT molecular complexity index is 173. The van der Waals surface area contributed by atoms with Crippen molar-refractivity contribution in [2.75, 3.05) is 5.88 Å². The SMILES string of the molecule is CC(C)=CC(C)C/C(C)=C/CCl. The molecule has 1 atom stereocenters. The minimum absolute atomic E-state index is 0.632. The lowest BCUT2D eigenvalue weighted by atomic mass is 10.0. The largest absolute Gasteiger partial charge is 0.122 e. The molecule has 1 heteroatoms. The monoisotopic (exact) mass is 186 g/mol. The Morgan fingerprint density at radius 2 is 1.92 bits per heavy atom. The predicted octanol–water partition coefficient (Wildman–Crippen LogP) is 4.16. The Hall–Kier alpha value is -0.230. The van der Waals surface area contributed by atoms with Crippen LogP contribution in [0.4, 0.5) is 0 Å². The molecule has 0 aromatic heterocycles. The summed E-state index contributed by atoms with van der Waals surface area (Å²) in [5.74, 6) is 1.27. The number of rotatable bonds is 4. The summed E-state index contributed by atoms with van der Waals surface area (Å²) >= 11 is 5.59. The first-order valence-electron chi connectivity index (χ1n) is 4.43. The van der Waals surface area contributed by atoms with Gasteiger partial charge in [0.25, 0.3) is 0 Å². The Morgan fingerprint density at radius 1 is 1.33 bits per heavy atom. The van der Waals surface area contributed by atoms with Gasteiger partial charge in [0.1, 0.15) is 0 Å². The van der Waals surface area contributed by atoms with Crippen LogP contribution in [0.5, 0.6) is 0 Å². The summed E-state index contributed by atoms with van der Waals surface area (Å²) in [5, 5.41) is 0. The topological polar surface area (TPSA) is 0 Å². The van der Waals surface area contributed by atoms with E-state index in [0.29, 0.717) is 11.8 Å². The van der Waals surface area contributed by atoms with Crippen molar-refractivity contribution in [2.24, 2.45) is 5.92 Å². The second-order valence-corrected chi connectivity index (χ2v) is 3.94. The summed E-state index contributed by atoms with van der Waals surface area (Å²) in [6.45, 7) is 8.64. The molecule has 0 aromatic rings. The molecule has 0 saturated carbocycles. The third-order valence-electron chi connectivity index (χ3n) is 1.69. The van der Waals surface area contributed by atoms with Crippen molar-refractivity contribution >= 4 is 11.6 Å². The first-order chi connectivity index (χ1) is 5.56.